The van der Waals surface area contributed by atoms with Gasteiger partial charge in [-0.25, -0.2) is 13.2 Å². The SMILES string of the molecule is Cc1cc(C)c(S(=O)(=O)N(CCN2CCCCC2)CC(=O)N2CCNCC2)cc1C.O=C(O)C(F)(F)F. The summed E-state index contributed by atoms with van der Waals surface area (Å²) in [6.45, 7) is 11.4. The molecule has 2 aliphatic rings. The van der Waals surface area contributed by atoms with Crippen LogP contribution in [0.2, 0.25) is 0 Å². The van der Waals surface area contributed by atoms with Crippen LogP contribution < -0.4 is 5.32 Å². The third kappa shape index (κ3) is 9.24. The summed E-state index contributed by atoms with van der Waals surface area (Å²) in [5, 5.41) is 10.4. The molecule has 2 aliphatic heterocycles. The van der Waals surface area contributed by atoms with Crippen LogP contribution in [0.4, 0.5) is 13.2 Å². The summed E-state index contributed by atoms with van der Waals surface area (Å²) in [4.78, 5) is 26.2. The fraction of sp³-hybridized carbons (Fsp3) is 0.667. The predicted octanol–water partition coefficient (Wildman–Crippen LogP) is 2.15. The Kier molecular flexibility index (Phi) is 11.3. The number of alkyl halides is 3. The summed E-state index contributed by atoms with van der Waals surface area (Å²) in [6, 6.07) is 3.67. The lowest BCUT2D eigenvalue weighted by Crippen LogP contribution is -2.51. The number of hydrogen-bond donors (Lipinski definition) is 2. The smallest absolute Gasteiger partial charge is 0.475 e. The fourth-order valence-electron chi connectivity index (χ4n) is 4.24. The van der Waals surface area contributed by atoms with Crippen molar-refractivity contribution < 1.29 is 36.3 Å². The van der Waals surface area contributed by atoms with Gasteiger partial charge < -0.3 is 20.2 Å². The molecule has 2 saturated heterocycles. The maximum absolute atomic E-state index is 13.6. The molecular formula is C24H37F3N4O5S. The molecule has 2 heterocycles. The van der Waals surface area contributed by atoms with E-state index >= 15 is 0 Å². The Morgan fingerprint density at radius 3 is 2.05 bits per heavy atom. The molecule has 37 heavy (non-hydrogen) atoms. The number of carbonyl (C=O) groups excluding carboxylic acids is 1. The number of carbonyl (C=O) groups is 2. The maximum atomic E-state index is 13.6. The number of nitrogens with zero attached hydrogens (tertiary/aromatic N) is 3. The summed E-state index contributed by atoms with van der Waals surface area (Å²) in [5.74, 6) is -2.87. The van der Waals surface area contributed by atoms with E-state index in [-0.39, 0.29) is 12.5 Å². The Hall–Kier alpha value is -2.22. The van der Waals surface area contributed by atoms with E-state index in [9.17, 15) is 26.4 Å². The second-order valence-corrected chi connectivity index (χ2v) is 11.3. The predicted molar refractivity (Wildman–Crippen MR) is 133 cm³/mol. The van der Waals surface area contributed by atoms with Gasteiger partial charge in [-0.2, -0.15) is 17.5 Å². The molecule has 1 amide bonds. The van der Waals surface area contributed by atoms with Crippen LogP contribution in [0, 0.1) is 20.8 Å². The van der Waals surface area contributed by atoms with Gasteiger partial charge in [-0.05, 0) is 69.5 Å². The molecule has 9 nitrogen and oxygen atoms in total. The quantitative estimate of drug-likeness (QED) is 0.535. The number of benzene rings is 1. The van der Waals surface area contributed by atoms with Gasteiger partial charge in [0, 0.05) is 39.3 Å². The van der Waals surface area contributed by atoms with Gasteiger partial charge >= 0.3 is 12.1 Å². The fourth-order valence-corrected chi connectivity index (χ4v) is 5.91. The van der Waals surface area contributed by atoms with E-state index in [1.54, 1.807) is 11.0 Å². The van der Waals surface area contributed by atoms with Crippen molar-refractivity contribution in [1.82, 2.24) is 19.4 Å². The molecule has 1 aromatic rings. The van der Waals surface area contributed by atoms with E-state index < -0.39 is 22.2 Å². The molecule has 0 atom stereocenters. The maximum Gasteiger partial charge on any atom is 0.490 e. The number of halogens is 3. The third-order valence-corrected chi connectivity index (χ3v) is 8.53. The van der Waals surface area contributed by atoms with Gasteiger partial charge in [-0.15, -0.1) is 0 Å². The summed E-state index contributed by atoms with van der Waals surface area (Å²) in [5.41, 5.74) is 2.75. The number of carboxylic acids is 1. The van der Waals surface area contributed by atoms with Gasteiger partial charge in [0.15, 0.2) is 0 Å². The number of likely N-dealkylation sites (tertiary alicyclic amines) is 1. The number of amides is 1. The first-order valence-corrected chi connectivity index (χ1v) is 13.8. The zero-order valence-corrected chi connectivity index (χ0v) is 22.4. The van der Waals surface area contributed by atoms with Gasteiger partial charge in [-0.1, -0.05) is 12.5 Å². The molecule has 210 valence electrons. The molecule has 0 saturated carbocycles. The molecular weight excluding hydrogens is 513 g/mol. The van der Waals surface area contributed by atoms with E-state index in [0.29, 0.717) is 31.1 Å². The number of piperazine rings is 1. The highest BCUT2D eigenvalue weighted by molar-refractivity contribution is 7.89. The summed E-state index contributed by atoms with van der Waals surface area (Å²) in [7, 11) is -3.76. The largest absolute Gasteiger partial charge is 0.490 e. The summed E-state index contributed by atoms with van der Waals surface area (Å²) >= 11 is 0. The Morgan fingerprint density at radius 1 is 0.973 bits per heavy atom. The molecule has 2 fully saturated rings. The molecule has 3 rings (SSSR count). The van der Waals surface area contributed by atoms with Gasteiger partial charge in [0.25, 0.3) is 0 Å². The van der Waals surface area contributed by atoms with Crippen molar-refractivity contribution in [3.8, 4) is 0 Å². The van der Waals surface area contributed by atoms with Crippen LogP contribution in [0.15, 0.2) is 17.0 Å². The minimum Gasteiger partial charge on any atom is -0.475 e. The standard InChI is InChI=1S/C22H36N4O3S.C2HF3O2/c1-18-15-20(3)21(16-19(18)2)30(28,29)26(14-13-24-9-5-4-6-10-24)17-22(27)25-11-7-23-8-12-25;3-2(4,5)1(6)7/h15-16,23H,4-14,17H2,1-3H3;(H,6,7). The Bertz CT molecular complexity index is 1040. The highest BCUT2D eigenvalue weighted by Crippen LogP contribution is 2.24. The van der Waals surface area contributed by atoms with Crippen LogP contribution in [-0.4, -0.2) is 105 Å². The highest BCUT2D eigenvalue weighted by Gasteiger charge is 2.38. The van der Waals surface area contributed by atoms with Crippen molar-refractivity contribution in [2.75, 3.05) is 58.9 Å². The zero-order valence-electron chi connectivity index (χ0n) is 21.6. The van der Waals surface area contributed by atoms with Gasteiger partial charge in [-0.3, -0.25) is 4.79 Å². The first-order chi connectivity index (χ1) is 17.2. The number of carboxylic acid groups (broad SMARTS) is 1. The number of nitrogens with one attached hydrogen (secondary N) is 1. The van der Waals surface area contributed by atoms with Gasteiger partial charge in [0.2, 0.25) is 15.9 Å². The van der Waals surface area contributed by atoms with Crippen LogP contribution in [0.5, 0.6) is 0 Å². The van der Waals surface area contributed by atoms with Crippen LogP contribution in [0.1, 0.15) is 36.0 Å². The van der Waals surface area contributed by atoms with Crippen molar-refractivity contribution in [1.29, 1.82) is 0 Å². The van der Waals surface area contributed by atoms with E-state index in [0.717, 1.165) is 55.7 Å². The first-order valence-electron chi connectivity index (χ1n) is 12.3. The van der Waals surface area contributed by atoms with E-state index in [1.807, 2.05) is 26.8 Å². The molecule has 0 radical (unpaired) electrons. The molecule has 0 aliphatic carbocycles. The van der Waals surface area contributed by atoms with E-state index in [2.05, 4.69) is 10.2 Å². The van der Waals surface area contributed by atoms with Crippen molar-refractivity contribution in [2.45, 2.75) is 51.1 Å². The second-order valence-electron chi connectivity index (χ2n) is 9.38. The lowest BCUT2D eigenvalue weighted by molar-refractivity contribution is -0.192. The summed E-state index contributed by atoms with van der Waals surface area (Å²) < 4.78 is 60.4. The van der Waals surface area contributed by atoms with Crippen LogP contribution in [0.25, 0.3) is 0 Å². The average Bonchev–Trinajstić information content (AvgIpc) is 2.84. The molecule has 0 aromatic heterocycles. The average molecular weight is 551 g/mol. The first kappa shape index (κ1) is 31.0. The number of aryl methyl sites for hydroxylation is 3. The number of aliphatic carboxylic acids is 1. The molecule has 2 N–H and O–H groups in total. The number of rotatable bonds is 7. The minimum atomic E-state index is -5.08. The molecule has 0 bridgehead atoms. The number of sulfonamides is 1. The third-order valence-electron chi connectivity index (χ3n) is 6.55. The van der Waals surface area contributed by atoms with E-state index in [4.69, 9.17) is 9.90 Å². The topological polar surface area (TPSA) is 110 Å². The molecule has 13 heteroatoms. The Balaban J connectivity index is 0.000000604. The lowest BCUT2D eigenvalue weighted by atomic mass is 10.1. The molecule has 0 spiro atoms. The van der Waals surface area contributed by atoms with Crippen molar-refractivity contribution in [3.05, 3.63) is 28.8 Å². The van der Waals surface area contributed by atoms with Crippen molar-refractivity contribution >= 4 is 21.9 Å². The lowest BCUT2D eigenvalue weighted by Gasteiger charge is -2.32. The van der Waals surface area contributed by atoms with Crippen molar-refractivity contribution in [3.63, 3.8) is 0 Å². The molecule has 0 unspecified atom stereocenters. The normalized spacial score (nSPS) is 17.3. The van der Waals surface area contributed by atoms with Crippen LogP contribution in [-0.2, 0) is 19.6 Å². The number of hydrogen-bond acceptors (Lipinski definition) is 6. The minimum absolute atomic E-state index is 0.0947. The van der Waals surface area contributed by atoms with Gasteiger partial charge in [0.1, 0.15) is 0 Å². The Labute approximate surface area is 216 Å². The Morgan fingerprint density at radius 2 is 1.51 bits per heavy atom. The van der Waals surface area contributed by atoms with Gasteiger partial charge in [0.05, 0.1) is 11.4 Å². The zero-order chi connectivity index (χ0) is 27.8. The second kappa shape index (κ2) is 13.5. The highest BCUT2D eigenvalue weighted by atomic mass is 32.2. The van der Waals surface area contributed by atoms with Crippen LogP contribution in [0.3, 0.4) is 0 Å². The van der Waals surface area contributed by atoms with Crippen molar-refractivity contribution in [2.24, 2.45) is 0 Å². The molecule has 1 aromatic carbocycles. The summed E-state index contributed by atoms with van der Waals surface area (Å²) in [6.07, 6.45) is -1.53. The van der Waals surface area contributed by atoms with E-state index in [1.165, 1.54) is 10.7 Å². The number of piperidine rings is 1. The monoisotopic (exact) mass is 550 g/mol. The van der Waals surface area contributed by atoms with Crippen LogP contribution >= 0.6 is 0 Å².